The topological polar surface area (TPSA) is 41.9 Å². The van der Waals surface area contributed by atoms with Gasteiger partial charge in [-0.05, 0) is 39.9 Å². The molecule has 0 aromatic carbocycles. The van der Waals surface area contributed by atoms with Crippen molar-refractivity contribution in [3.8, 4) is 0 Å². The number of aryl methyl sites for hydroxylation is 1. The molecule has 4 nitrogen and oxygen atoms in total. The molecule has 0 atom stereocenters. The zero-order valence-corrected chi connectivity index (χ0v) is 9.83. The van der Waals surface area contributed by atoms with Crippen LogP contribution in [0.1, 0.15) is 30.3 Å². The van der Waals surface area contributed by atoms with E-state index >= 15 is 0 Å². The Kier molecular flexibility index (Phi) is 3.17. The second-order valence-electron chi connectivity index (χ2n) is 4.11. The molecule has 2 rings (SSSR count). The van der Waals surface area contributed by atoms with Crippen LogP contribution in [0.2, 0.25) is 5.15 Å². The van der Waals surface area contributed by atoms with Gasteiger partial charge in [-0.15, -0.1) is 5.10 Å². The molecular formula is C10H15ClN4. The Balaban J connectivity index is 2.15. The molecule has 0 radical (unpaired) electrons. The number of rotatable bonds is 1. The van der Waals surface area contributed by atoms with Gasteiger partial charge < -0.3 is 4.90 Å². The predicted molar refractivity (Wildman–Crippen MR) is 59.0 cm³/mol. The van der Waals surface area contributed by atoms with Crippen LogP contribution in [0.25, 0.3) is 0 Å². The molecule has 82 valence electrons. The summed E-state index contributed by atoms with van der Waals surface area (Å²) in [5, 5.41) is 8.66. The van der Waals surface area contributed by atoms with E-state index in [-0.39, 0.29) is 0 Å². The molecule has 0 amide bonds. The van der Waals surface area contributed by atoms with Crippen molar-refractivity contribution in [3.63, 3.8) is 0 Å². The number of piperidine rings is 1. The predicted octanol–water partition coefficient (Wildman–Crippen LogP) is 1.64. The van der Waals surface area contributed by atoms with Crippen LogP contribution in [0.5, 0.6) is 0 Å². The molecule has 1 aliphatic rings. The van der Waals surface area contributed by atoms with Crippen LogP contribution in [0, 0.1) is 6.92 Å². The van der Waals surface area contributed by atoms with E-state index in [1.807, 2.05) is 0 Å². The van der Waals surface area contributed by atoms with Gasteiger partial charge in [-0.3, -0.25) is 0 Å². The van der Waals surface area contributed by atoms with Crippen molar-refractivity contribution in [2.75, 3.05) is 20.1 Å². The Bertz CT molecular complexity index is 347. The smallest absolute Gasteiger partial charge is 0.154 e. The highest BCUT2D eigenvalue weighted by Crippen LogP contribution is 2.29. The van der Waals surface area contributed by atoms with E-state index in [9.17, 15) is 0 Å². The Morgan fingerprint density at radius 1 is 1.27 bits per heavy atom. The third-order valence-corrected chi connectivity index (χ3v) is 3.16. The van der Waals surface area contributed by atoms with Crippen molar-refractivity contribution in [1.29, 1.82) is 0 Å². The van der Waals surface area contributed by atoms with Crippen molar-refractivity contribution >= 4 is 11.6 Å². The first kappa shape index (κ1) is 10.8. The van der Waals surface area contributed by atoms with Crippen LogP contribution >= 0.6 is 11.6 Å². The highest BCUT2D eigenvalue weighted by Gasteiger charge is 2.22. The fraction of sp³-hybridized carbons (Fsp3) is 0.700. The van der Waals surface area contributed by atoms with Crippen LogP contribution in [0.15, 0.2) is 0 Å². The number of hydrogen-bond donors (Lipinski definition) is 0. The minimum Gasteiger partial charge on any atom is -0.306 e. The Morgan fingerprint density at radius 3 is 2.53 bits per heavy atom. The van der Waals surface area contributed by atoms with E-state index in [0.29, 0.717) is 16.9 Å². The molecule has 0 saturated carbocycles. The largest absolute Gasteiger partial charge is 0.306 e. The summed E-state index contributed by atoms with van der Waals surface area (Å²) >= 11 is 6.07. The van der Waals surface area contributed by atoms with E-state index in [4.69, 9.17) is 11.6 Å². The maximum atomic E-state index is 6.07. The van der Waals surface area contributed by atoms with Crippen LogP contribution in [0.3, 0.4) is 0 Å². The van der Waals surface area contributed by atoms with Gasteiger partial charge in [0.2, 0.25) is 0 Å². The molecule has 1 fully saturated rings. The second-order valence-corrected chi connectivity index (χ2v) is 4.47. The maximum absolute atomic E-state index is 6.07. The summed E-state index contributed by atoms with van der Waals surface area (Å²) in [6.45, 7) is 3.99. The van der Waals surface area contributed by atoms with E-state index in [0.717, 1.165) is 31.6 Å². The lowest BCUT2D eigenvalue weighted by atomic mass is 9.94. The van der Waals surface area contributed by atoms with Crippen LogP contribution < -0.4 is 0 Å². The molecule has 5 heteroatoms. The second kappa shape index (κ2) is 4.41. The van der Waals surface area contributed by atoms with Gasteiger partial charge >= 0.3 is 0 Å². The number of hydrogen-bond acceptors (Lipinski definition) is 4. The third-order valence-electron chi connectivity index (χ3n) is 2.88. The minimum absolute atomic E-state index is 0.425. The van der Waals surface area contributed by atoms with E-state index < -0.39 is 0 Å². The molecule has 0 bridgehead atoms. The summed E-state index contributed by atoms with van der Waals surface area (Å²) < 4.78 is 0. The van der Waals surface area contributed by atoms with Crippen molar-refractivity contribution < 1.29 is 0 Å². The first-order chi connectivity index (χ1) is 7.16. The summed E-state index contributed by atoms with van der Waals surface area (Å²) in [4.78, 5) is 6.46. The van der Waals surface area contributed by atoms with E-state index in [2.05, 4.69) is 27.1 Å². The lowest BCUT2D eigenvalue weighted by Gasteiger charge is -2.28. The molecule has 0 aliphatic carbocycles. The van der Waals surface area contributed by atoms with Crippen LogP contribution in [-0.2, 0) is 0 Å². The average molecular weight is 227 g/mol. The molecule has 1 saturated heterocycles. The monoisotopic (exact) mass is 226 g/mol. The van der Waals surface area contributed by atoms with Gasteiger partial charge in [-0.25, -0.2) is 4.98 Å². The molecular weight excluding hydrogens is 212 g/mol. The van der Waals surface area contributed by atoms with E-state index in [1.165, 1.54) is 0 Å². The molecule has 0 spiro atoms. The summed E-state index contributed by atoms with van der Waals surface area (Å²) in [6.07, 6.45) is 2.19. The van der Waals surface area contributed by atoms with Gasteiger partial charge in [0.05, 0.1) is 0 Å². The number of halogens is 1. The molecule has 1 aromatic heterocycles. The highest BCUT2D eigenvalue weighted by molar-refractivity contribution is 6.30. The summed E-state index contributed by atoms with van der Waals surface area (Å²) in [6, 6.07) is 0. The quantitative estimate of drug-likeness (QED) is 0.730. The van der Waals surface area contributed by atoms with Gasteiger partial charge in [-0.1, -0.05) is 11.6 Å². The van der Waals surface area contributed by atoms with Crippen molar-refractivity contribution in [3.05, 3.63) is 16.7 Å². The zero-order chi connectivity index (χ0) is 10.8. The number of nitrogens with zero attached hydrogens (tertiary/aromatic N) is 4. The summed E-state index contributed by atoms with van der Waals surface area (Å²) in [7, 11) is 2.14. The Morgan fingerprint density at radius 2 is 1.93 bits per heavy atom. The molecule has 15 heavy (non-hydrogen) atoms. The van der Waals surface area contributed by atoms with Gasteiger partial charge in [0.25, 0.3) is 0 Å². The fourth-order valence-electron chi connectivity index (χ4n) is 1.92. The van der Waals surface area contributed by atoms with Gasteiger partial charge in [-0.2, -0.15) is 5.10 Å². The molecule has 0 N–H and O–H groups in total. The summed E-state index contributed by atoms with van der Waals surface area (Å²) in [5.74, 6) is 1.06. The highest BCUT2D eigenvalue weighted by atomic mass is 35.5. The molecule has 0 unspecified atom stereocenters. The van der Waals surface area contributed by atoms with Gasteiger partial charge in [0, 0.05) is 5.92 Å². The normalized spacial score (nSPS) is 19.4. The lowest BCUT2D eigenvalue weighted by molar-refractivity contribution is 0.252. The van der Waals surface area contributed by atoms with Gasteiger partial charge in [0.15, 0.2) is 5.15 Å². The number of aromatic nitrogens is 3. The molecule has 1 aliphatic heterocycles. The standard InChI is InChI=1S/C10H15ClN4/c1-7-12-10(11)9(14-13-7)8-3-5-15(2)6-4-8/h8H,3-6H2,1-2H3. The minimum atomic E-state index is 0.425. The van der Waals surface area contributed by atoms with Crippen molar-refractivity contribution in [2.45, 2.75) is 25.7 Å². The van der Waals surface area contributed by atoms with Crippen LogP contribution in [-0.4, -0.2) is 40.2 Å². The molecule has 2 heterocycles. The first-order valence-electron chi connectivity index (χ1n) is 5.22. The van der Waals surface area contributed by atoms with Crippen molar-refractivity contribution in [1.82, 2.24) is 20.1 Å². The third kappa shape index (κ3) is 2.44. The van der Waals surface area contributed by atoms with E-state index in [1.54, 1.807) is 6.92 Å². The molecule has 1 aromatic rings. The first-order valence-corrected chi connectivity index (χ1v) is 5.60. The van der Waals surface area contributed by atoms with Crippen LogP contribution in [0.4, 0.5) is 0 Å². The Hall–Kier alpha value is -0.740. The maximum Gasteiger partial charge on any atom is 0.154 e. The lowest BCUT2D eigenvalue weighted by Crippen LogP contribution is -2.29. The summed E-state index contributed by atoms with van der Waals surface area (Å²) in [5.41, 5.74) is 0.871. The Labute approximate surface area is 94.7 Å². The van der Waals surface area contributed by atoms with Gasteiger partial charge in [0.1, 0.15) is 11.5 Å². The average Bonchev–Trinajstić information content (AvgIpc) is 2.20. The number of likely N-dealkylation sites (tertiary alicyclic amines) is 1. The zero-order valence-electron chi connectivity index (χ0n) is 9.07. The fourth-order valence-corrected chi connectivity index (χ4v) is 2.24. The van der Waals surface area contributed by atoms with Crippen molar-refractivity contribution in [2.24, 2.45) is 0 Å². The SMILES string of the molecule is Cc1nnc(C2CCN(C)CC2)c(Cl)n1.